The number of imidazole rings is 1. The third kappa shape index (κ3) is 4.38. The van der Waals surface area contributed by atoms with Gasteiger partial charge in [0.15, 0.2) is 0 Å². The molecule has 0 amide bonds. The molecule has 0 saturated carbocycles. The van der Waals surface area contributed by atoms with Crippen LogP contribution in [0, 0.1) is 23.3 Å². The summed E-state index contributed by atoms with van der Waals surface area (Å²) in [5.41, 5.74) is 6.42. The average Bonchev–Trinajstić information content (AvgIpc) is 3.22. The fourth-order valence-corrected chi connectivity index (χ4v) is 3.07. The van der Waals surface area contributed by atoms with Gasteiger partial charge in [-0.25, -0.2) is 4.98 Å². The number of rotatable bonds is 2. The van der Waals surface area contributed by atoms with E-state index in [1.807, 2.05) is 18.3 Å². The number of hydrogen-bond donors (Lipinski definition) is 2. The summed E-state index contributed by atoms with van der Waals surface area (Å²) >= 11 is 0. The highest BCUT2D eigenvalue weighted by molar-refractivity contribution is 6.83. The zero-order valence-electron chi connectivity index (χ0n) is 14.5. The molecule has 24 heavy (non-hydrogen) atoms. The van der Waals surface area contributed by atoms with Gasteiger partial charge in [0, 0.05) is 5.56 Å². The molecule has 1 aliphatic heterocycles. The third-order valence-electron chi connectivity index (χ3n) is 3.89. The molecule has 2 aromatic rings. The summed E-state index contributed by atoms with van der Waals surface area (Å²) in [4.78, 5) is 7.95. The summed E-state index contributed by atoms with van der Waals surface area (Å²) in [6.07, 6.45) is 4.28. The summed E-state index contributed by atoms with van der Waals surface area (Å²) in [5, 5.41) is 3.46. The fourth-order valence-electron chi connectivity index (χ4n) is 2.63. The highest BCUT2D eigenvalue weighted by Crippen LogP contribution is 2.24. The Bertz CT molecular complexity index is 814. The first kappa shape index (κ1) is 16.6. The number of benzene rings is 1. The van der Waals surface area contributed by atoms with Crippen molar-refractivity contribution in [2.45, 2.75) is 38.5 Å². The van der Waals surface area contributed by atoms with E-state index < -0.39 is 8.07 Å². The van der Waals surface area contributed by atoms with Crippen molar-refractivity contribution in [3.8, 4) is 34.6 Å². The summed E-state index contributed by atoms with van der Waals surface area (Å²) in [5.74, 6) is 10.1. The lowest BCUT2D eigenvalue weighted by molar-refractivity contribution is 0.613. The van der Waals surface area contributed by atoms with E-state index >= 15 is 0 Å². The third-order valence-corrected chi connectivity index (χ3v) is 4.76. The molecule has 3 nitrogen and oxygen atoms in total. The van der Waals surface area contributed by atoms with Crippen LogP contribution in [0.4, 0.5) is 0 Å². The van der Waals surface area contributed by atoms with Crippen molar-refractivity contribution in [3.63, 3.8) is 0 Å². The molecule has 4 heteroatoms. The van der Waals surface area contributed by atoms with Gasteiger partial charge in [-0.1, -0.05) is 37.7 Å². The van der Waals surface area contributed by atoms with Gasteiger partial charge in [-0.15, -0.1) is 5.54 Å². The number of nitrogens with zero attached hydrogens (tertiary/aromatic N) is 1. The van der Waals surface area contributed by atoms with Gasteiger partial charge in [0.25, 0.3) is 0 Å². The smallest absolute Gasteiger partial charge is 0.130 e. The largest absolute Gasteiger partial charge is 0.341 e. The van der Waals surface area contributed by atoms with E-state index in [1.165, 1.54) is 6.42 Å². The highest BCUT2D eigenvalue weighted by atomic mass is 28.3. The summed E-state index contributed by atoms with van der Waals surface area (Å²) in [6.45, 7) is 7.73. The highest BCUT2D eigenvalue weighted by Gasteiger charge is 2.19. The molecule has 0 bridgehead atoms. The molecule has 1 saturated heterocycles. The second-order valence-electron chi connectivity index (χ2n) is 7.16. The van der Waals surface area contributed by atoms with E-state index in [0.717, 1.165) is 35.6 Å². The average molecular weight is 334 g/mol. The Hall–Kier alpha value is -2.27. The second-order valence-corrected chi connectivity index (χ2v) is 11.9. The van der Waals surface area contributed by atoms with Gasteiger partial charge in [0.2, 0.25) is 0 Å². The maximum absolute atomic E-state index is 4.52. The van der Waals surface area contributed by atoms with Gasteiger partial charge < -0.3 is 10.3 Å². The molecule has 1 atom stereocenters. The molecular weight excluding hydrogens is 310 g/mol. The van der Waals surface area contributed by atoms with Crippen LogP contribution in [0.15, 0.2) is 30.5 Å². The van der Waals surface area contributed by atoms with Gasteiger partial charge in [0.1, 0.15) is 13.9 Å². The number of aromatic amines is 1. The normalized spacial score (nSPS) is 16.9. The first-order valence-electron chi connectivity index (χ1n) is 8.43. The first-order chi connectivity index (χ1) is 11.5. The predicted octanol–water partition coefficient (Wildman–Crippen LogP) is 3.73. The fraction of sp³-hybridized carbons (Fsp3) is 0.350. The summed E-state index contributed by atoms with van der Waals surface area (Å²) in [6, 6.07) is 8.60. The molecule has 1 aliphatic rings. The van der Waals surface area contributed by atoms with Crippen LogP contribution in [0.5, 0.6) is 0 Å². The van der Waals surface area contributed by atoms with Crippen molar-refractivity contribution in [1.29, 1.82) is 0 Å². The summed E-state index contributed by atoms with van der Waals surface area (Å²) in [7, 11) is -1.34. The molecule has 3 rings (SSSR count). The van der Waals surface area contributed by atoms with Gasteiger partial charge >= 0.3 is 0 Å². The monoisotopic (exact) mass is 333 g/mol. The standard InChI is InChI=1S/C20H23N3Si/c1-24(2,3)14-5-4-7-16-9-11-17(12-10-16)19-15-22-20(23-19)18-8-6-13-21-18/h9-12,15,18,21H,6,8,13H2,1-3H3,(H,22,23). The van der Waals surface area contributed by atoms with Crippen molar-refractivity contribution in [1.82, 2.24) is 15.3 Å². The van der Waals surface area contributed by atoms with Crippen molar-refractivity contribution in [2.24, 2.45) is 0 Å². The van der Waals surface area contributed by atoms with Crippen molar-refractivity contribution < 1.29 is 0 Å². The molecular formula is C20H23N3Si. The molecule has 0 radical (unpaired) electrons. The van der Waals surface area contributed by atoms with Crippen LogP contribution in [0.1, 0.15) is 30.3 Å². The molecule has 0 aliphatic carbocycles. The molecule has 1 unspecified atom stereocenters. The predicted molar refractivity (Wildman–Crippen MR) is 102 cm³/mol. The van der Waals surface area contributed by atoms with Crippen LogP contribution in [0.2, 0.25) is 19.6 Å². The van der Waals surface area contributed by atoms with Gasteiger partial charge in [-0.05, 0) is 48.9 Å². The second kappa shape index (κ2) is 7.09. The molecule has 0 spiro atoms. The van der Waals surface area contributed by atoms with E-state index in [1.54, 1.807) is 0 Å². The van der Waals surface area contributed by atoms with E-state index in [4.69, 9.17) is 0 Å². The molecule has 122 valence electrons. The Morgan fingerprint density at radius 2 is 1.92 bits per heavy atom. The van der Waals surface area contributed by atoms with Crippen molar-refractivity contribution >= 4 is 8.07 Å². The van der Waals surface area contributed by atoms with E-state index in [0.29, 0.717) is 6.04 Å². The lowest BCUT2D eigenvalue weighted by atomic mass is 10.1. The van der Waals surface area contributed by atoms with Crippen LogP contribution in [-0.2, 0) is 0 Å². The molecule has 2 heterocycles. The molecule has 1 fully saturated rings. The Morgan fingerprint density at radius 1 is 1.12 bits per heavy atom. The lowest BCUT2D eigenvalue weighted by Crippen LogP contribution is -2.16. The Balaban J connectivity index is 1.70. The maximum atomic E-state index is 4.52. The van der Waals surface area contributed by atoms with Gasteiger partial charge in [-0.2, -0.15) is 0 Å². The molecule has 1 aromatic heterocycles. The number of H-pyrrole nitrogens is 1. The Kier molecular flexibility index (Phi) is 4.90. The maximum Gasteiger partial charge on any atom is 0.130 e. The number of nitrogens with one attached hydrogen (secondary N) is 2. The van der Waals surface area contributed by atoms with E-state index in [9.17, 15) is 0 Å². The Labute approximate surface area is 145 Å². The zero-order chi connectivity index (χ0) is 17.0. The number of aromatic nitrogens is 2. The van der Waals surface area contributed by atoms with E-state index in [-0.39, 0.29) is 0 Å². The topological polar surface area (TPSA) is 40.7 Å². The minimum atomic E-state index is -1.34. The zero-order valence-corrected chi connectivity index (χ0v) is 15.5. The van der Waals surface area contributed by atoms with Gasteiger partial charge in [-0.3, -0.25) is 0 Å². The SMILES string of the molecule is C[Si](C)(C)C#CC#Cc1ccc(-c2cnc(C3CCCN3)[nH]2)cc1. The van der Waals surface area contributed by atoms with Gasteiger partial charge in [0.05, 0.1) is 17.9 Å². The van der Waals surface area contributed by atoms with Crippen LogP contribution in [0.25, 0.3) is 11.3 Å². The molecule has 2 N–H and O–H groups in total. The quantitative estimate of drug-likeness (QED) is 0.649. The van der Waals surface area contributed by atoms with Crippen LogP contribution >= 0.6 is 0 Å². The number of hydrogen-bond acceptors (Lipinski definition) is 2. The lowest BCUT2D eigenvalue weighted by Gasteiger charge is -2.05. The minimum absolute atomic E-state index is 0.369. The van der Waals surface area contributed by atoms with Crippen LogP contribution in [-0.4, -0.2) is 24.6 Å². The Morgan fingerprint density at radius 3 is 2.58 bits per heavy atom. The van der Waals surface area contributed by atoms with Crippen molar-refractivity contribution in [2.75, 3.05) is 6.54 Å². The van der Waals surface area contributed by atoms with Crippen LogP contribution in [0.3, 0.4) is 0 Å². The van der Waals surface area contributed by atoms with E-state index in [2.05, 4.69) is 70.4 Å². The first-order valence-corrected chi connectivity index (χ1v) is 11.9. The van der Waals surface area contributed by atoms with Crippen molar-refractivity contribution in [3.05, 3.63) is 41.9 Å². The summed E-state index contributed by atoms with van der Waals surface area (Å²) < 4.78 is 0. The minimum Gasteiger partial charge on any atom is -0.341 e. The van der Waals surface area contributed by atoms with Crippen LogP contribution < -0.4 is 5.32 Å². The molecule has 1 aromatic carbocycles.